The normalized spacial score (nSPS) is 13.6. The van der Waals surface area contributed by atoms with Crippen molar-refractivity contribution in [2.75, 3.05) is 6.61 Å². The maximum Gasteiger partial charge on any atom is 0.137 e. The van der Waals surface area contributed by atoms with Gasteiger partial charge in [0.05, 0.1) is 6.20 Å². The maximum absolute atomic E-state index is 5.80. The van der Waals surface area contributed by atoms with Gasteiger partial charge in [0.2, 0.25) is 0 Å². The Hall–Kier alpha value is -1.09. The predicted molar refractivity (Wildman–Crippen MR) is 66.7 cm³/mol. The monoisotopic (exact) mass is 222 g/mol. The summed E-state index contributed by atoms with van der Waals surface area (Å²) < 4.78 is 5.61. The smallest absolute Gasteiger partial charge is 0.137 e. The molecule has 1 aromatic rings. The molecule has 16 heavy (non-hydrogen) atoms. The van der Waals surface area contributed by atoms with Crippen LogP contribution in [0.15, 0.2) is 18.5 Å². The van der Waals surface area contributed by atoms with Crippen molar-refractivity contribution in [1.82, 2.24) is 4.98 Å². The van der Waals surface area contributed by atoms with Crippen molar-refractivity contribution in [2.45, 2.75) is 45.6 Å². The Morgan fingerprint density at radius 2 is 2.06 bits per heavy atom. The fourth-order valence-electron chi connectivity index (χ4n) is 1.23. The number of rotatable bonds is 4. The first-order valence-corrected chi connectivity index (χ1v) is 5.77. The molecule has 0 fully saturated rings. The molecule has 0 spiro atoms. The van der Waals surface area contributed by atoms with Crippen LogP contribution in [0.4, 0.5) is 0 Å². The van der Waals surface area contributed by atoms with Crippen LogP contribution in [0.3, 0.4) is 0 Å². The second kappa shape index (κ2) is 5.30. The third kappa shape index (κ3) is 3.81. The first kappa shape index (κ1) is 13.0. The van der Waals surface area contributed by atoms with E-state index in [2.05, 4.69) is 32.7 Å². The van der Waals surface area contributed by atoms with Crippen LogP contribution in [-0.4, -0.2) is 17.6 Å². The fraction of sp³-hybridized carbons (Fsp3) is 0.615. The van der Waals surface area contributed by atoms with Gasteiger partial charge in [-0.3, -0.25) is 4.98 Å². The molecular formula is C13H22N2O. The minimum atomic E-state index is 0.0956. The molecule has 1 rings (SSSR count). The van der Waals surface area contributed by atoms with E-state index in [1.54, 1.807) is 6.20 Å². The van der Waals surface area contributed by atoms with Crippen LogP contribution in [-0.2, 0) is 5.41 Å². The van der Waals surface area contributed by atoms with E-state index in [4.69, 9.17) is 10.5 Å². The van der Waals surface area contributed by atoms with E-state index in [-0.39, 0.29) is 11.5 Å². The highest BCUT2D eigenvalue weighted by Crippen LogP contribution is 2.24. The molecular weight excluding hydrogens is 200 g/mol. The highest BCUT2D eigenvalue weighted by molar-refractivity contribution is 5.28. The molecule has 0 radical (unpaired) electrons. The van der Waals surface area contributed by atoms with Crippen molar-refractivity contribution in [3.63, 3.8) is 0 Å². The second-order valence-electron chi connectivity index (χ2n) is 5.14. The molecule has 90 valence electrons. The number of nitrogens with two attached hydrogens (primary N) is 1. The lowest BCUT2D eigenvalue weighted by atomic mass is 9.88. The minimum Gasteiger partial charge on any atom is -0.490 e. The standard InChI is InChI=1S/C13H22N2O/c1-5-11(14)9-16-12-6-10(7-15-8-12)13(2,3)4/h6-8,11H,5,9,14H2,1-4H3/t11-/m1/s1. The molecule has 0 unspecified atom stereocenters. The Kier molecular flexibility index (Phi) is 4.30. The topological polar surface area (TPSA) is 48.1 Å². The van der Waals surface area contributed by atoms with Gasteiger partial charge < -0.3 is 10.5 Å². The van der Waals surface area contributed by atoms with Gasteiger partial charge in [-0.25, -0.2) is 0 Å². The molecule has 3 nitrogen and oxygen atoms in total. The van der Waals surface area contributed by atoms with Crippen LogP contribution >= 0.6 is 0 Å². The first-order valence-electron chi connectivity index (χ1n) is 5.77. The summed E-state index contributed by atoms with van der Waals surface area (Å²) >= 11 is 0. The molecule has 0 saturated heterocycles. The van der Waals surface area contributed by atoms with Gasteiger partial charge in [-0.05, 0) is 23.5 Å². The zero-order valence-electron chi connectivity index (χ0n) is 10.7. The van der Waals surface area contributed by atoms with Gasteiger partial charge >= 0.3 is 0 Å². The largest absolute Gasteiger partial charge is 0.490 e. The molecule has 0 aliphatic heterocycles. The number of aromatic nitrogens is 1. The maximum atomic E-state index is 5.80. The Bertz CT molecular complexity index is 331. The minimum absolute atomic E-state index is 0.0956. The molecule has 0 aliphatic carbocycles. The SMILES string of the molecule is CC[C@@H](N)COc1cncc(C(C)(C)C)c1. The van der Waals surface area contributed by atoms with Gasteiger partial charge in [0.25, 0.3) is 0 Å². The number of ether oxygens (including phenoxy) is 1. The molecule has 0 amide bonds. The van der Waals surface area contributed by atoms with Crippen LogP contribution in [0.5, 0.6) is 5.75 Å². The molecule has 0 saturated carbocycles. The third-order valence-electron chi connectivity index (χ3n) is 2.57. The van der Waals surface area contributed by atoms with Gasteiger partial charge in [-0.1, -0.05) is 27.7 Å². The molecule has 1 atom stereocenters. The summed E-state index contributed by atoms with van der Waals surface area (Å²) in [5.74, 6) is 0.802. The third-order valence-corrected chi connectivity index (χ3v) is 2.57. The molecule has 0 bridgehead atoms. The highest BCUT2D eigenvalue weighted by atomic mass is 16.5. The summed E-state index contributed by atoms with van der Waals surface area (Å²) in [6.45, 7) is 9.08. The highest BCUT2D eigenvalue weighted by Gasteiger charge is 2.14. The lowest BCUT2D eigenvalue weighted by Gasteiger charge is -2.19. The Balaban J connectivity index is 2.68. The lowest BCUT2D eigenvalue weighted by molar-refractivity contribution is 0.283. The summed E-state index contributed by atoms with van der Waals surface area (Å²) in [7, 11) is 0. The fourth-order valence-corrected chi connectivity index (χ4v) is 1.23. The summed E-state index contributed by atoms with van der Waals surface area (Å²) in [6, 6.07) is 2.13. The predicted octanol–water partition coefficient (Wildman–Crippen LogP) is 2.50. The number of hydrogen-bond acceptors (Lipinski definition) is 3. The van der Waals surface area contributed by atoms with Crippen molar-refractivity contribution in [3.05, 3.63) is 24.0 Å². The van der Waals surface area contributed by atoms with Crippen molar-refractivity contribution < 1.29 is 4.74 Å². The van der Waals surface area contributed by atoms with Crippen LogP contribution in [0, 0.1) is 0 Å². The number of hydrogen-bond donors (Lipinski definition) is 1. The van der Waals surface area contributed by atoms with Gasteiger partial charge in [0.15, 0.2) is 0 Å². The van der Waals surface area contributed by atoms with E-state index in [0.29, 0.717) is 6.61 Å². The zero-order chi connectivity index (χ0) is 12.2. The van der Waals surface area contributed by atoms with E-state index in [0.717, 1.165) is 12.2 Å². The van der Waals surface area contributed by atoms with E-state index in [1.165, 1.54) is 5.56 Å². The average Bonchev–Trinajstić information content (AvgIpc) is 2.25. The summed E-state index contributed by atoms with van der Waals surface area (Å²) in [4.78, 5) is 4.19. The molecule has 1 aromatic heterocycles. The van der Waals surface area contributed by atoms with Crippen LogP contribution in [0.25, 0.3) is 0 Å². The Morgan fingerprint density at radius 3 is 2.62 bits per heavy atom. The van der Waals surface area contributed by atoms with Crippen molar-refractivity contribution in [3.8, 4) is 5.75 Å². The molecule has 2 N–H and O–H groups in total. The quantitative estimate of drug-likeness (QED) is 0.851. The van der Waals surface area contributed by atoms with Crippen molar-refractivity contribution in [2.24, 2.45) is 5.73 Å². The van der Waals surface area contributed by atoms with Gasteiger partial charge in [-0.15, -0.1) is 0 Å². The molecule has 1 heterocycles. The second-order valence-corrected chi connectivity index (χ2v) is 5.14. The van der Waals surface area contributed by atoms with Crippen molar-refractivity contribution in [1.29, 1.82) is 0 Å². The van der Waals surface area contributed by atoms with Crippen LogP contribution in [0.1, 0.15) is 39.7 Å². The number of pyridine rings is 1. The summed E-state index contributed by atoms with van der Waals surface area (Å²) in [5.41, 5.74) is 7.07. The van der Waals surface area contributed by atoms with Crippen LogP contribution < -0.4 is 10.5 Å². The zero-order valence-corrected chi connectivity index (χ0v) is 10.7. The summed E-state index contributed by atoms with van der Waals surface area (Å²) in [5, 5.41) is 0. The Labute approximate surface area is 98.0 Å². The van der Waals surface area contributed by atoms with Gasteiger partial charge in [0.1, 0.15) is 12.4 Å². The molecule has 3 heteroatoms. The van der Waals surface area contributed by atoms with E-state index in [1.807, 2.05) is 12.3 Å². The summed E-state index contributed by atoms with van der Waals surface area (Å²) in [6.07, 6.45) is 4.54. The molecule has 0 aliphatic rings. The first-order chi connectivity index (χ1) is 7.43. The lowest BCUT2D eigenvalue weighted by Crippen LogP contribution is -2.26. The molecule has 0 aromatic carbocycles. The van der Waals surface area contributed by atoms with E-state index in [9.17, 15) is 0 Å². The number of nitrogens with zero attached hydrogens (tertiary/aromatic N) is 1. The van der Waals surface area contributed by atoms with Gasteiger partial charge in [-0.2, -0.15) is 0 Å². The van der Waals surface area contributed by atoms with E-state index < -0.39 is 0 Å². The average molecular weight is 222 g/mol. The Morgan fingerprint density at radius 1 is 1.38 bits per heavy atom. The van der Waals surface area contributed by atoms with E-state index >= 15 is 0 Å². The van der Waals surface area contributed by atoms with Gasteiger partial charge in [0, 0.05) is 12.2 Å². The van der Waals surface area contributed by atoms with Crippen LogP contribution in [0.2, 0.25) is 0 Å². The van der Waals surface area contributed by atoms with Crippen molar-refractivity contribution >= 4 is 0 Å².